The van der Waals surface area contributed by atoms with Crippen LogP contribution in [-0.4, -0.2) is 0 Å². The lowest BCUT2D eigenvalue weighted by Gasteiger charge is -2.10. The molecule has 16 heavy (non-hydrogen) atoms. The van der Waals surface area contributed by atoms with Crippen molar-refractivity contribution in [2.24, 2.45) is 0 Å². The Morgan fingerprint density at radius 2 is 1.81 bits per heavy atom. The minimum absolute atomic E-state index is 0.112. The molecule has 0 saturated carbocycles. The topological polar surface area (TPSA) is 0 Å². The number of alkyl halides is 1. The summed E-state index contributed by atoms with van der Waals surface area (Å²) < 4.78 is 3.16. The third-order valence-corrected chi connectivity index (χ3v) is 5.55. The zero-order valence-corrected chi connectivity index (χ0v) is 14.2. The van der Waals surface area contributed by atoms with Gasteiger partial charge in [-0.05, 0) is 45.8 Å². The van der Waals surface area contributed by atoms with Crippen LogP contribution in [0.1, 0.15) is 15.8 Å². The molecule has 0 bridgehead atoms. The second kappa shape index (κ2) is 5.53. The van der Waals surface area contributed by atoms with E-state index in [1.807, 2.05) is 30.3 Å². The van der Waals surface area contributed by atoms with E-state index in [9.17, 15) is 0 Å². The van der Waals surface area contributed by atoms with Crippen LogP contribution in [0.25, 0.3) is 0 Å². The van der Waals surface area contributed by atoms with E-state index in [-0.39, 0.29) is 5.38 Å². The summed E-state index contributed by atoms with van der Waals surface area (Å²) in [4.78, 5) is 1.14. The van der Waals surface area contributed by atoms with Crippen molar-refractivity contribution in [1.29, 1.82) is 0 Å². The molecule has 1 atom stereocenters. The van der Waals surface area contributed by atoms with Gasteiger partial charge in [0.05, 0.1) is 9.16 Å². The maximum absolute atomic E-state index is 6.45. The highest BCUT2D eigenvalue weighted by molar-refractivity contribution is 9.11. The SMILES string of the molecule is ClC(c1ccc(Br)s1)c1ccc(Br)cc1Br. The first-order valence-electron chi connectivity index (χ1n) is 4.42. The van der Waals surface area contributed by atoms with Gasteiger partial charge in [0.15, 0.2) is 0 Å². The molecule has 0 nitrogen and oxygen atoms in total. The normalized spacial score (nSPS) is 12.8. The molecule has 0 spiro atoms. The lowest BCUT2D eigenvalue weighted by molar-refractivity contribution is 1.17. The zero-order valence-electron chi connectivity index (χ0n) is 7.88. The molecule has 0 aliphatic carbocycles. The van der Waals surface area contributed by atoms with E-state index in [0.717, 1.165) is 23.2 Å². The maximum Gasteiger partial charge on any atom is 0.0939 e. The van der Waals surface area contributed by atoms with E-state index in [2.05, 4.69) is 47.8 Å². The number of benzene rings is 1. The second-order valence-corrected chi connectivity index (χ2v) is 7.87. The van der Waals surface area contributed by atoms with Gasteiger partial charge in [-0.15, -0.1) is 22.9 Å². The Bertz CT molecular complexity index is 510. The van der Waals surface area contributed by atoms with Gasteiger partial charge in [-0.1, -0.05) is 37.9 Å². The number of hydrogen-bond acceptors (Lipinski definition) is 1. The number of rotatable bonds is 2. The molecular weight excluding hydrogens is 439 g/mol. The average molecular weight is 445 g/mol. The molecule has 1 heterocycles. The Morgan fingerprint density at radius 1 is 1.06 bits per heavy atom. The molecule has 0 aliphatic rings. The standard InChI is InChI=1S/C11H6Br3ClS/c12-6-1-2-7(8(13)5-6)11(15)9-3-4-10(14)16-9/h1-5,11H. The first kappa shape index (κ1) is 13.1. The van der Waals surface area contributed by atoms with Crippen molar-refractivity contribution in [3.63, 3.8) is 0 Å². The molecule has 0 N–H and O–H groups in total. The quantitative estimate of drug-likeness (QED) is 0.472. The molecular formula is C11H6Br3ClS. The zero-order chi connectivity index (χ0) is 11.7. The maximum atomic E-state index is 6.45. The van der Waals surface area contributed by atoms with Gasteiger partial charge in [-0.25, -0.2) is 0 Å². The second-order valence-electron chi connectivity index (χ2n) is 3.17. The van der Waals surface area contributed by atoms with Crippen molar-refractivity contribution in [1.82, 2.24) is 0 Å². The molecule has 5 heteroatoms. The van der Waals surface area contributed by atoms with Gasteiger partial charge in [0.25, 0.3) is 0 Å². The first-order chi connectivity index (χ1) is 7.58. The summed E-state index contributed by atoms with van der Waals surface area (Å²) >= 11 is 18.5. The van der Waals surface area contributed by atoms with Crippen molar-refractivity contribution in [2.75, 3.05) is 0 Å². The predicted octanol–water partition coefficient (Wildman–Crippen LogP) is 6.36. The van der Waals surface area contributed by atoms with Gasteiger partial charge in [0, 0.05) is 13.8 Å². The Hall–Kier alpha value is 0.650. The van der Waals surface area contributed by atoms with Crippen LogP contribution in [0.15, 0.2) is 43.1 Å². The fourth-order valence-electron chi connectivity index (χ4n) is 1.32. The summed E-state index contributed by atoms with van der Waals surface area (Å²) in [5.74, 6) is 0. The molecule has 2 aromatic rings. The molecule has 1 aromatic heterocycles. The Kier molecular flexibility index (Phi) is 4.52. The third-order valence-electron chi connectivity index (χ3n) is 2.08. The van der Waals surface area contributed by atoms with Crippen molar-refractivity contribution in [3.05, 3.63) is 53.5 Å². The van der Waals surface area contributed by atoms with Crippen LogP contribution in [0.5, 0.6) is 0 Å². The van der Waals surface area contributed by atoms with E-state index in [1.165, 1.54) is 0 Å². The largest absolute Gasteiger partial charge is 0.131 e. The van der Waals surface area contributed by atoms with E-state index in [1.54, 1.807) is 11.3 Å². The number of thiophene rings is 1. The van der Waals surface area contributed by atoms with Gasteiger partial charge in [0.1, 0.15) is 0 Å². The highest BCUT2D eigenvalue weighted by atomic mass is 79.9. The molecule has 0 fully saturated rings. The number of hydrogen-bond donors (Lipinski definition) is 0. The summed E-state index contributed by atoms with van der Waals surface area (Å²) in [7, 11) is 0. The van der Waals surface area contributed by atoms with Gasteiger partial charge < -0.3 is 0 Å². The monoisotopic (exact) mass is 442 g/mol. The third kappa shape index (κ3) is 2.91. The van der Waals surface area contributed by atoms with Gasteiger partial charge in [-0.2, -0.15) is 0 Å². The van der Waals surface area contributed by atoms with E-state index in [0.29, 0.717) is 0 Å². The van der Waals surface area contributed by atoms with Crippen molar-refractivity contribution in [3.8, 4) is 0 Å². The molecule has 1 unspecified atom stereocenters. The highest BCUT2D eigenvalue weighted by Gasteiger charge is 2.15. The summed E-state index contributed by atoms with van der Waals surface area (Å²) in [6.45, 7) is 0. The highest BCUT2D eigenvalue weighted by Crippen LogP contribution is 2.39. The molecule has 2 rings (SSSR count). The molecule has 0 radical (unpaired) electrons. The van der Waals surface area contributed by atoms with Crippen molar-refractivity contribution < 1.29 is 0 Å². The van der Waals surface area contributed by atoms with E-state index < -0.39 is 0 Å². The summed E-state index contributed by atoms with van der Waals surface area (Å²) in [6, 6.07) is 10.1. The lowest BCUT2D eigenvalue weighted by Crippen LogP contribution is -1.91. The average Bonchev–Trinajstić information content (AvgIpc) is 2.64. The van der Waals surface area contributed by atoms with Crippen LogP contribution in [0.2, 0.25) is 0 Å². The van der Waals surface area contributed by atoms with Gasteiger partial charge >= 0.3 is 0 Å². The Morgan fingerprint density at radius 3 is 2.38 bits per heavy atom. The first-order valence-corrected chi connectivity index (χ1v) is 8.05. The Labute approximate surface area is 128 Å². The minimum Gasteiger partial charge on any atom is -0.131 e. The van der Waals surface area contributed by atoms with Gasteiger partial charge in [-0.3, -0.25) is 0 Å². The van der Waals surface area contributed by atoms with E-state index >= 15 is 0 Å². The predicted molar refractivity (Wildman–Crippen MR) is 81.6 cm³/mol. The van der Waals surface area contributed by atoms with Crippen LogP contribution in [0.4, 0.5) is 0 Å². The van der Waals surface area contributed by atoms with Crippen LogP contribution in [-0.2, 0) is 0 Å². The van der Waals surface area contributed by atoms with Crippen LogP contribution < -0.4 is 0 Å². The fraction of sp³-hybridized carbons (Fsp3) is 0.0909. The summed E-state index contributed by atoms with van der Waals surface area (Å²) in [5.41, 5.74) is 1.08. The van der Waals surface area contributed by atoms with Gasteiger partial charge in [0.2, 0.25) is 0 Å². The van der Waals surface area contributed by atoms with Crippen LogP contribution in [0.3, 0.4) is 0 Å². The fourth-order valence-corrected chi connectivity index (χ4v) is 4.55. The number of halogens is 4. The van der Waals surface area contributed by atoms with E-state index in [4.69, 9.17) is 11.6 Å². The molecule has 1 aromatic carbocycles. The lowest BCUT2D eigenvalue weighted by atomic mass is 10.1. The molecule has 0 aliphatic heterocycles. The summed E-state index contributed by atoms with van der Waals surface area (Å²) in [6.07, 6.45) is 0. The molecule has 0 saturated heterocycles. The molecule has 84 valence electrons. The smallest absolute Gasteiger partial charge is 0.0939 e. The minimum atomic E-state index is -0.112. The van der Waals surface area contributed by atoms with Crippen molar-refractivity contribution in [2.45, 2.75) is 5.38 Å². The van der Waals surface area contributed by atoms with Crippen LogP contribution in [0, 0.1) is 0 Å². The van der Waals surface area contributed by atoms with Crippen LogP contribution >= 0.6 is 70.7 Å². The molecule has 0 amide bonds. The Balaban J connectivity index is 2.37. The summed E-state index contributed by atoms with van der Waals surface area (Å²) in [5, 5.41) is -0.112. The van der Waals surface area contributed by atoms with Crippen molar-refractivity contribution >= 4 is 70.7 Å².